The molecule has 1 amide bonds. The molecule has 5 heteroatoms. The molecule has 2 aromatic rings. The van der Waals surface area contributed by atoms with Crippen molar-refractivity contribution in [2.24, 2.45) is 5.92 Å². The molecule has 1 aliphatic carbocycles. The fourth-order valence-corrected chi connectivity index (χ4v) is 3.84. The summed E-state index contributed by atoms with van der Waals surface area (Å²) in [6.07, 6.45) is 5.56. The number of aliphatic hydroxyl groups excluding tert-OH is 1. The van der Waals surface area contributed by atoms with Crippen LogP contribution in [0.2, 0.25) is 0 Å². The average Bonchev–Trinajstić information content (AvgIpc) is 3.09. The van der Waals surface area contributed by atoms with Gasteiger partial charge in [-0.3, -0.25) is 4.79 Å². The maximum atomic E-state index is 13.2. The van der Waals surface area contributed by atoms with Crippen LogP contribution in [0.3, 0.4) is 0 Å². The Morgan fingerprint density at radius 3 is 2.52 bits per heavy atom. The Morgan fingerprint density at radius 2 is 1.89 bits per heavy atom. The maximum absolute atomic E-state index is 13.2. The van der Waals surface area contributed by atoms with Gasteiger partial charge in [-0.2, -0.15) is 5.10 Å². The van der Waals surface area contributed by atoms with Crippen molar-refractivity contribution in [1.29, 1.82) is 0 Å². The van der Waals surface area contributed by atoms with Crippen LogP contribution in [0.4, 0.5) is 0 Å². The smallest absolute Gasteiger partial charge is 0.257 e. The van der Waals surface area contributed by atoms with Crippen LogP contribution in [0.25, 0.3) is 5.69 Å². The highest BCUT2D eigenvalue weighted by Gasteiger charge is 2.30. The first-order chi connectivity index (χ1) is 12.8. The van der Waals surface area contributed by atoms with Crippen molar-refractivity contribution in [3.05, 3.63) is 47.8 Å². The first kappa shape index (κ1) is 19.6. The summed E-state index contributed by atoms with van der Waals surface area (Å²) in [7, 11) is 1.83. The average molecular weight is 370 g/mol. The largest absolute Gasteiger partial charge is 0.393 e. The van der Waals surface area contributed by atoms with Crippen LogP contribution in [0.15, 0.2) is 36.5 Å². The summed E-state index contributed by atoms with van der Waals surface area (Å²) in [5.41, 5.74) is 2.13. The molecule has 1 aromatic heterocycles. The van der Waals surface area contributed by atoms with Gasteiger partial charge in [0.1, 0.15) is 0 Å². The van der Waals surface area contributed by atoms with E-state index >= 15 is 0 Å². The Kier molecular flexibility index (Phi) is 5.70. The highest BCUT2D eigenvalue weighted by Crippen LogP contribution is 2.28. The van der Waals surface area contributed by atoms with E-state index in [4.69, 9.17) is 5.10 Å². The van der Waals surface area contributed by atoms with E-state index in [0.29, 0.717) is 12.1 Å². The first-order valence-corrected chi connectivity index (χ1v) is 9.86. The molecule has 1 saturated carbocycles. The van der Waals surface area contributed by atoms with E-state index in [-0.39, 0.29) is 23.3 Å². The second-order valence-corrected chi connectivity index (χ2v) is 8.72. The van der Waals surface area contributed by atoms with E-state index < -0.39 is 0 Å². The third kappa shape index (κ3) is 4.41. The number of hydrogen-bond acceptors (Lipinski definition) is 3. The molecule has 0 radical (unpaired) electrons. The highest BCUT2D eigenvalue weighted by atomic mass is 16.3. The number of carbonyl (C=O) groups is 1. The molecular weight excluding hydrogens is 338 g/mol. The van der Waals surface area contributed by atoms with Crippen molar-refractivity contribution >= 4 is 5.91 Å². The summed E-state index contributed by atoms with van der Waals surface area (Å²) in [6, 6.07) is 9.86. The van der Waals surface area contributed by atoms with Gasteiger partial charge in [0.05, 0.1) is 23.0 Å². The second kappa shape index (κ2) is 7.85. The standard InChI is InChI=1S/C22H31N3O2/c1-22(2,3)20-18(15-25(23-20)17-11-6-5-7-12-17)21(27)24(4)14-16-10-8-9-13-19(16)26/h5-7,11-12,15-16,19,26H,8-10,13-14H2,1-4H3/t16-,19-/m0/s1. The molecule has 0 aliphatic heterocycles. The van der Waals surface area contributed by atoms with Gasteiger partial charge in [0.2, 0.25) is 0 Å². The predicted octanol–water partition coefficient (Wildman–Crippen LogP) is 3.79. The lowest BCUT2D eigenvalue weighted by Crippen LogP contribution is -2.38. The van der Waals surface area contributed by atoms with Gasteiger partial charge in [-0.25, -0.2) is 4.68 Å². The summed E-state index contributed by atoms with van der Waals surface area (Å²) < 4.78 is 1.79. The van der Waals surface area contributed by atoms with Gasteiger partial charge in [-0.15, -0.1) is 0 Å². The normalized spacial score (nSPS) is 20.5. The van der Waals surface area contributed by atoms with E-state index in [1.54, 1.807) is 9.58 Å². The van der Waals surface area contributed by atoms with Crippen molar-refractivity contribution in [1.82, 2.24) is 14.7 Å². The Labute approximate surface area is 162 Å². The molecule has 146 valence electrons. The molecule has 2 atom stereocenters. The fourth-order valence-electron chi connectivity index (χ4n) is 3.84. The summed E-state index contributed by atoms with van der Waals surface area (Å²) >= 11 is 0. The SMILES string of the molecule is CN(C[C@@H]1CCCC[C@@H]1O)C(=O)c1cn(-c2ccccc2)nc1C(C)(C)C. The zero-order chi connectivity index (χ0) is 19.6. The van der Waals surface area contributed by atoms with Crippen molar-refractivity contribution < 1.29 is 9.90 Å². The zero-order valence-electron chi connectivity index (χ0n) is 16.9. The minimum absolute atomic E-state index is 0.0279. The van der Waals surface area contributed by atoms with Gasteiger partial charge in [0.15, 0.2) is 0 Å². The highest BCUT2D eigenvalue weighted by molar-refractivity contribution is 5.95. The summed E-state index contributed by atoms with van der Waals surface area (Å²) in [5, 5.41) is 15.0. The van der Waals surface area contributed by atoms with Gasteiger partial charge in [0.25, 0.3) is 5.91 Å². The third-order valence-electron chi connectivity index (χ3n) is 5.40. The predicted molar refractivity (Wildman–Crippen MR) is 107 cm³/mol. The molecule has 0 saturated heterocycles. The van der Waals surface area contributed by atoms with E-state index in [2.05, 4.69) is 20.8 Å². The van der Waals surface area contributed by atoms with Gasteiger partial charge in [0, 0.05) is 31.1 Å². The number of hydrogen-bond donors (Lipinski definition) is 1. The van der Waals surface area contributed by atoms with Crippen LogP contribution in [-0.2, 0) is 5.41 Å². The molecule has 0 bridgehead atoms. The molecule has 0 unspecified atom stereocenters. The number of aromatic nitrogens is 2. The number of amides is 1. The van der Waals surface area contributed by atoms with Gasteiger partial charge < -0.3 is 10.0 Å². The quantitative estimate of drug-likeness (QED) is 0.892. The summed E-state index contributed by atoms with van der Waals surface area (Å²) in [6.45, 7) is 6.81. The lowest BCUT2D eigenvalue weighted by atomic mass is 9.86. The maximum Gasteiger partial charge on any atom is 0.257 e. The molecule has 1 fully saturated rings. The van der Waals surface area contributed by atoms with E-state index in [1.807, 2.05) is 43.6 Å². The Bertz CT molecular complexity index is 777. The third-order valence-corrected chi connectivity index (χ3v) is 5.40. The second-order valence-electron chi connectivity index (χ2n) is 8.72. The number of rotatable bonds is 4. The molecule has 1 N–H and O–H groups in total. The fraction of sp³-hybridized carbons (Fsp3) is 0.545. The van der Waals surface area contributed by atoms with Crippen molar-refractivity contribution in [3.8, 4) is 5.69 Å². The first-order valence-electron chi connectivity index (χ1n) is 9.86. The number of carbonyl (C=O) groups excluding carboxylic acids is 1. The number of nitrogens with zero attached hydrogens (tertiary/aromatic N) is 3. The van der Waals surface area contributed by atoms with E-state index in [1.165, 1.54) is 0 Å². The van der Waals surface area contributed by atoms with Crippen molar-refractivity contribution in [2.45, 2.75) is 58.0 Å². The van der Waals surface area contributed by atoms with Crippen LogP contribution < -0.4 is 0 Å². The van der Waals surface area contributed by atoms with Crippen molar-refractivity contribution in [2.75, 3.05) is 13.6 Å². The summed E-state index contributed by atoms with van der Waals surface area (Å²) in [4.78, 5) is 15.0. The molecule has 0 spiro atoms. The van der Waals surface area contributed by atoms with Crippen LogP contribution in [0.5, 0.6) is 0 Å². The minimum atomic E-state index is -0.303. The lowest BCUT2D eigenvalue weighted by Gasteiger charge is -2.31. The van der Waals surface area contributed by atoms with Crippen LogP contribution in [0, 0.1) is 5.92 Å². The Hall–Kier alpha value is -2.14. The molecule has 1 aliphatic rings. The van der Waals surface area contributed by atoms with Crippen LogP contribution in [-0.4, -0.2) is 45.4 Å². The molecule has 1 heterocycles. The molecule has 27 heavy (non-hydrogen) atoms. The van der Waals surface area contributed by atoms with Crippen LogP contribution in [0.1, 0.15) is 62.5 Å². The Balaban J connectivity index is 1.87. The topological polar surface area (TPSA) is 58.4 Å². The monoisotopic (exact) mass is 369 g/mol. The van der Waals surface area contributed by atoms with Crippen molar-refractivity contribution in [3.63, 3.8) is 0 Å². The molecule has 5 nitrogen and oxygen atoms in total. The number of para-hydroxylation sites is 1. The zero-order valence-corrected chi connectivity index (χ0v) is 16.9. The lowest BCUT2D eigenvalue weighted by molar-refractivity contribution is 0.0450. The number of aliphatic hydroxyl groups is 1. The van der Waals surface area contributed by atoms with Gasteiger partial charge >= 0.3 is 0 Å². The molecule has 3 rings (SSSR count). The van der Waals surface area contributed by atoms with E-state index in [9.17, 15) is 9.90 Å². The minimum Gasteiger partial charge on any atom is -0.393 e. The summed E-state index contributed by atoms with van der Waals surface area (Å²) in [5.74, 6) is 0.134. The van der Waals surface area contributed by atoms with Gasteiger partial charge in [-0.1, -0.05) is 51.8 Å². The molecular formula is C22H31N3O2. The Morgan fingerprint density at radius 1 is 1.22 bits per heavy atom. The van der Waals surface area contributed by atoms with Crippen LogP contribution >= 0.6 is 0 Å². The van der Waals surface area contributed by atoms with E-state index in [0.717, 1.165) is 37.1 Å². The number of benzene rings is 1. The van der Waals surface area contributed by atoms with Gasteiger partial charge in [-0.05, 0) is 25.0 Å². The molecule has 1 aromatic carbocycles.